The number of likely N-dealkylation sites (tertiary alicyclic amines) is 1. The summed E-state index contributed by atoms with van der Waals surface area (Å²) in [4.78, 5) is 30.7. The molecule has 1 aromatic heterocycles. The Kier molecular flexibility index (Phi) is 7.39. The average Bonchev–Trinajstić information content (AvgIpc) is 3.54. The van der Waals surface area contributed by atoms with E-state index in [2.05, 4.69) is 12.1 Å². The Bertz CT molecular complexity index is 1210. The van der Waals surface area contributed by atoms with Gasteiger partial charge < -0.3 is 19.1 Å². The molecule has 0 radical (unpaired) electrons. The molecule has 8 heteroatoms. The van der Waals surface area contributed by atoms with Crippen molar-refractivity contribution in [3.63, 3.8) is 0 Å². The molecule has 0 N–H and O–H groups in total. The molecule has 1 saturated heterocycles. The third-order valence-corrected chi connectivity index (χ3v) is 9.60. The van der Waals surface area contributed by atoms with Crippen LogP contribution in [-0.2, 0) is 35.5 Å². The molecule has 2 fully saturated rings. The number of hydrogen-bond donors (Lipinski definition) is 0. The van der Waals surface area contributed by atoms with Crippen molar-refractivity contribution in [2.24, 2.45) is 11.8 Å². The zero-order valence-corrected chi connectivity index (χ0v) is 23.1. The summed E-state index contributed by atoms with van der Waals surface area (Å²) in [6, 6.07) is 3.54. The second kappa shape index (κ2) is 10.9. The van der Waals surface area contributed by atoms with E-state index in [-0.39, 0.29) is 23.8 Å². The molecule has 2 aliphatic carbocycles. The lowest BCUT2D eigenvalue weighted by atomic mass is 9.78. The van der Waals surface area contributed by atoms with Gasteiger partial charge >= 0.3 is 0 Å². The summed E-state index contributed by atoms with van der Waals surface area (Å²) in [5.74, 6) is 2.50. The summed E-state index contributed by atoms with van der Waals surface area (Å²) < 4.78 is 12.1. The molecule has 0 unspecified atom stereocenters. The lowest BCUT2D eigenvalue weighted by molar-refractivity contribution is -0.143. The van der Waals surface area contributed by atoms with Crippen LogP contribution in [0.2, 0.25) is 5.02 Å². The molecule has 0 spiro atoms. The van der Waals surface area contributed by atoms with Crippen molar-refractivity contribution in [1.29, 1.82) is 0 Å². The van der Waals surface area contributed by atoms with Gasteiger partial charge in [-0.2, -0.15) is 0 Å². The monoisotopic (exact) mass is 539 g/mol. The predicted molar refractivity (Wildman–Crippen MR) is 144 cm³/mol. The van der Waals surface area contributed by atoms with Gasteiger partial charge in [0.1, 0.15) is 23.8 Å². The van der Waals surface area contributed by atoms with Gasteiger partial charge in [0.25, 0.3) is 0 Å². The van der Waals surface area contributed by atoms with Gasteiger partial charge in [0.2, 0.25) is 11.8 Å². The number of aromatic nitrogens is 1. The van der Waals surface area contributed by atoms with Gasteiger partial charge in [0.05, 0.1) is 6.04 Å². The van der Waals surface area contributed by atoms with Crippen LogP contribution in [0, 0.1) is 11.8 Å². The van der Waals surface area contributed by atoms with E-state index in [0.29, 0.717) is 43.5 Å². The maximum absolute atomic E-state index is 14.1. The SMILES string of the molecule is C[C@H]1CCCC[C@H]1C(=O)N1CCc2c(Cl)ccc(OCc3noc4c3CCCC4)c2[C@H]1CN1CCCC1=O. The first-order chi connectivity index (χ1) is 18.5. The van der Waals surface area contributed by atoms with E-state index in [4.69, 9.17) is 20.9 Å². The average molecular weight is 540 g/mol. The summed E-state index contributed by atoms with van der Waals surface area (Å²) in [5.41, 5.74) is 4.03. The van der Waals surface area contributed by atoms with Crippen molar-refractivity contribution < 1.29 is 18.8 Å². The van der Waals surface area contributed by atoms with Crippen LogP contribution >= 0.6 is 11.6 Å². The Labute approximate surface area is 229 Å². The minimum Gasteiger partial charge on any atom is -0.487 e. The standard InChI is InChI=1S/C30H38ClN3O4/c1-19-7-2-3-8-20(19)30(36)34-16-14-21-23(31)12-13-27(29(21)25(34)17-33-15-6-11-28(33)35)37-18-24-22-9-4-5-10-26(22)38-32-24/h12-13,19-20,25H,2-11,14-18H2,1H3/t19-,20+,25+/m0/s1. The van der Waals surface area contributed by atoms with Crippen LogP contribution in [-0.4, -0.2) is 46.4 Å². The quantitative estimate of drug-likeness (QED) is 0.473. The smallest absolute Gasteiger partial charge is 0.226 e. The highest BCUT2D eigenvalue weighted by Crippen LogP contribution is 2.43. The summed E-state index contributed by atoms with van der Waals surface area (Å²) in [7, 11) is 0. The predicted octanol–water partition coefficient (Wildman–Crippen LogP) is 5.66. The number of hydrogen-bond acceptors (Lipinski definition) is 5. The van der Waals surface area contributed by atoms with E-state index in [1.165, 1.54) is 12.0 Å². The van der Waals surface area contributed by atoms with Crippen molar-refractivity contribution in [2.75, 3.05) is 19.6 Å². The van der Waals surface area contributed by atoms with Crippen LogP contribution in [0.3, 0.4) is 0 Å². The normalized spacial score (nSPS) is 25.3. The van der Waals surface area contributed by atoms with Gasteiger partial charge in [-0.15, -0.1) is 0 Å². The number of fused-ring (bicyclic) bond motifs is 2. The van der Waals surface area contributed by atoms with Crippen molar-refractivity contribution in [3.05, 3.63) is 45.3 Å². The number of halogens is 1. The highest BCUT2D eigenvalue weighted by atomic mass is 35.5. The Hall–Kier alpha value is -2.54. The number of nitrogens with zero attached hydrogens (tertiary/aromatic N) is 3. The first kappa shape index (κ1) is 25.7. The molecular weight excluding hydrogens is 502 g/mol. The molecule has 4 aliphatic rings. The minimum absolute atomic E-state index is 0.0345. The fraction of sp³-hybridized carbons (Fsp3) is 0.633. The van der Waals surface area contributed by atoms with Gasteiger partial charge in [-0.25, -0.2) is 0 Å². The topological polar surface area (TPSA) is 75.9 Å². The summed E-state index contributed by atoms with van der Waals surface area (Å²) in [6.07, 6.45) is 10.6. The third kappa shape index (κ3) is 4.83. The minimum atomic E-state index is -0.276. The van der Waals surface area contributed by atoms with Crippen molar-refractivity contribution in [2.45, 2.75) is 90.2 Å². The molecule has 6 rings (SSSR count). The highest BCUT2D eigenvalue weighted by molar-refractivity contribution is 6.31. The molecule has 0 bridgehead atoms. The van der Waals surface area contributed by atoms with Crippen LogP contribution < -0.4 is 4.74 Å². The summed E-state index contributed by atoms with van der Waals surface area (Å²) >= 11 is 6.75. The molecule has 1 aromatic carbocycles. The summed E-state index contributed by atoms with van der Waals surface area (Å²) in [6.45, 7) is 4.35. The van der Waals surface area contributed by atoms with E-state index in [0.717, 1.165) is 86.2 Å². The van der Waals surface area contributed by atoms with Crippen LogP contribution in [0.25, 0.3) is 0 Å². The third-order valence-electron chi connectivity index (χ3n) is 9.24. The number of rotatable bonds is 6. The number of carbonyl (C=O) groups excluding carboxylic acids is 2. The van der Waals surface area contributed by atoms with E-state index in [1.807, 2.05) is 21.9 Å². The fourth-order valence-corrected chi connectivity index (χ4v) is 7.33. The molecule has 38 heavy (non-hydrogen) atoms. The first-order valence-corrected chi connectivity index (χ1v) is 14.9. The van der Waals surface area contributed by atoms with Crippen LogP contribution in [0.15, 0.2) is 16.7 Å². The van der Waals surface area contributed by atoms with Gasteiger partial charge in [-0.05, 0) is 68.6 Å². The van der Waals surface area contributed by atoms with Crippen molar-refractivity contribution >= 4 is 23.4 Å². The van der Waals surface area contributed by atoms with E-state index in [9.17, 15) is 9.59 Å². The summed E-state index contributed by atoms with van der Waals surface area (Å²) in [5, 5.41) is 5.02. The number of benzene rings is 1. The van der Waals surface area contributed by atoms with Crippen LogP contribution in [0.4, 0.5) is 0 Å². The number of ether oxygens (including phenoxy) is 1. The van der Waals surface area contributed by atoms with Crippen molar-refractivity contribution in [1.82, 2.24) is 15.0 Å². The van der Waals surface area contributed by atoms with Crippen LogP contribution in [0.5, 0.6) is 5.75 Å². The van der Waals surface area contributed by atoms with Crippen molar-refractivity contribution in [3.8, 4) is 5.75 Å². The second-order valence-electron chi connectivity index (χ2n) is 11.6. The lowest BCUT2D eigenvalue weighted by Gasteiger charge is -2.43. The Morgan fingerprint density at radius 1 is 1.05 bits per heavy atom. The molecule has 7 nitrogen and oxygen atoms in total. The van der Waals surface area contributed by atoms with Gasteiger partial charge in [0, 0.05) is 54.5 Å². The lowest BCUT2D eigenvalue weighted by Crippen LogP contribution is -2.49. The largest absolute Gasteiger partial charge is 0.487 e. The first-order valence-electron chi connectivity index (χ1n) is 14.5. The van der Waals surface area contributed by atoms with E-state index in [1.54, 1.807) is 0 Å². The molecule has 3 atom stereocenters. The van der Waals surface area contributed by atoms with Gasteiger partial charge in [0.15, 0.2) is 0 Å². The Morgan fingerprint density at radius 2 is 1.89 bits per heavy atom. The highest BCUT2D eigenvalue weighted by Gasteiger charge is 2.41. The molecule has 2 amide bonds. The zero-order valence-electron chi connectivity index (χ0n) is 22.3. The maximum atomic E-state index is 14.1. The van der Waals surface area contributed by atoms with Crippen LogP contribution in [0.1, 0.15) is 92.5 Å². The molecule has 204 valence electrons. The van der Waals surface area contributed by atoms with E-state index >= 15 is 0 Å². The molecule has 3 heterocycles. The fourth-order valence-electron chi connectivity index (χ4n) is 7.07. The molecular formula is C30H38ClN3O4. The zero-order chi connectivity index (χ0) is 26.2. The second-order valence-corrected chi connectivity index (χ2v) is 12.0. The number of carbonyl (C=O) groups is 2. The molecule has 2 aromatic rings. The molecule has 1 saturated carbocycles. The Morgan fingerprint density at radius 3 is 2.71 bits per heavy atom. The number of amides is 2. The maximum Gasteiger partial charge on any atom is 0.226 e. The number of aryl methyl sites for hydroxylation is 1. The van der Waals surface area contributed by atoms with Gasteiger partial charge in [-0.1, -0.05) is 36.5 Å². The van der Waals surface area contributed by atoms with Gasteiger partial charge in [-0.3, -0.25) is 9.59 Å². The van der Waals surface area contributed by atoms with E-state index < -0.39 is 0 Å². The molecule has 2 aliphatic heterocycles. The Balaban J connectivity index is 1.34.